The van der Waals surface area contributed by atoms with Crippen molar-refractivity contribution >= 4 is 41.2 Å². The molecule has 0 aliphatic heterocycles. The Morgan fingerprint density at radius 1 is 1.20 bits per heavy atom. The zero-order valence-electron chi connectivity index (χ0n) is 13.6. The highest BCUT2D eigenvalue weighted by Crippen LogP contribution is 2.22. The lowest BCUT2D eigenvalue weighted by atomic mass is 10.2. The number of hydrazine groups is 1. The number of hydrogen-bond acceptors (Lipinski definition) is 3. The molecule has 9 heteroatoms. The summed E-state index contributed by atoms with van der Waals surface area (Å²) in [6, 6.07) is 6.86. The van der Waals surface area contributed by atoms with Crippen molar-refractivity contribution in [1.29, 1.82) is 0 Å². The van der Waals surface area contributed by atoms with Gasteiger partial charge in [0, 0.05) is 23.7 Å². The zero-order chi connectivity index (χ0) is 18.4. The maximum atomic E-state index is 11.7. The number of nitrogens with zero attached hydrogens (tertiary/aromatic N) is 2. The number of benzene rings is 1. The summed E-state index contributed by atoms with van der Waals surface area (Å²) < 4.78 is 1.64. The van der Waals surface area contributed by atoms with Crippen molar-refractivity contribution in [2.24, 2.45) is 0 Å². The van der Waals surface area contributed by atoms with Gasteiger partial charge in [0.25, 0.3) is 5.91 Å². The molecule has 0 fully saturated rings. The first kappa shape index (κ1) is 18.8. The first-order valence-corrected chi connectivity index (χ1v) is 8.09. The number of aromatic nitrogens is 2. The minimum atomic E-state index is -0.522. The molecule has 0 aliphatic rings. The Morgan fingerprint density at radius 3 is 2.52 bits per heavy atom. The molecule has 132 valence electrons. The van der Waals surface area contributed by atoms with E-state index in [2.05, 4.69) is 21.3 Å². The summed E-state index contributed by atoms with van der Waals surface area (Å²) in [4.78, 5) is 22.7. The summed E-state index contributed by atoms with van der Waals surface area (Å²) in [5.74, 6) is -0.496. The number of nitrogens with one attached hydrogen (secondary N) is 3. The van der Waals surface area contributed by atoms with Crippen LogP contribution in [-0.4, -0.2) is 28.8 Å². The highest BCUT2D eigenvalue weighted by atomic mass is 35.5. The van der Waals surface area contributed by atoms with Crippen molar-refractivity contribution in [1.82, 2.24) is 25.9 Å². The van der Waals surface area contributed by atoms with Gasteiger partial charge in [-0.3, -0.25) is 10.2 Å². The first-order valence-electron chi connectivity index (χ1n) is 7.34. The Labute approximate surface area is 155 Å². The fraction of sp³-hybridized carbons (Fsp3) is 0.188. The quantitative estimate of drug-likeness (QED) is 0.561. The van der Waals surface area contributed by atoms with Gasteiger partial charge < -0.3 is 5.32 Å². The molecule has 0 atom stereocenters. The fourth-order valence-electron chi connectivity index (χ4n) is 2.01. The van der Waals surface area contributed by atoms with Crippen LogP contribution >= 0.6 is 23.2 Å². The third-order valence-corrected chi connectivity index (χ3v) is 3.93. The lowest BCUT2D eigenvalue weighted by molar-refractivity contribution is -0.117. The molecule has 0 bridgehead atoms. The molecule has 1 heterocycles. The lowest BCUT2D eigenvalue weighted by Gasteiger charge is -2.04. The molecule has 0 aliphatic carbocycles. The highest BCUT2D eigenvalue weighted by Gasteiger charge is 2.12. The van der Waals surface area contributed by atoms with Gasteiger partial charge in [-0.05, 0) is 30.7 Å². The predicted octanol–water partition coefficient (Wildman–Crippen LogP) is 2.52. The maximum Gasteiger partial charge on any atom is 0.333 e. The molecule has 2 aromatic rings. The van der Waals surface area contributed by atoms with E-state index in [9.17, 15) is 9.59 Å². The molecule has 0 radical (unpaired) electrons. The van der Waals surface area contributed by atoms with Gasteiger partial charge in [0.05, 0.1) is 12.2 Å². The predicted molar refractivity (Wildman–Crippen MR) is 97.3 cm³/mol. The van der Waals surface area contributed by atoms with Crippen LogP contribution in [0.3, 0.4) is 0 Å². The second kappa shape index (κ2) is 8.55. The van der Waals surface area contributed by atoms with Crippen LogP contribution in [0.1, 0.15) is 16.8 Å². The fourth-order valence-corrected chi connectivity index (χ4v) is 2.43. The SMILES string of the molecule is CNC(=O)NNC(=O)C=Cc1c(C)nn(Cc2ccc(Cl)cc2)c1Cl. The van der Waals surface area contributed by atoms with Crippen molar-refractivity contribution in [2.45, 2.75) is 13.5 Å². The second-order valence-electron chi connectivity index (χ2n) is 5.10. The van der Waals surface area contributed by atoms with Crippen LogP contribution in [0.2, 0.25) is 10.2 Å². The molecule has 25 heavy (non-hydrogen) atoms. The molecule has 0 unspecified atom stereocenters. The molecule has 3 N–H and O–H groups in total. The number of hydrogen-bond donors (Lipinski definition) is 3. The van der Waals surface area contributed by atoms with Crippen molar-refractivity contribution in [3.05, 3.63) is 57.3 Å². The minimum absolute atomic E-state index is 0.413. The van der Waals surface area contributed by atoms with Crippen molar-refractivity contribution < 1.29 is 9.59 Å². The maximum absolute atomic E-state index is 11.7. The van der Waals surface area contributed by atoms with Crippen LogP contribution in [-0.2, 0) is 11.3 Å². The molecule has 0 saturated heterocycles. The van der Waals surface area contributed by atoms with Gasteiger partial charge in [0.15, 0.2) is 0 Å². The lowest BCUT2D eigenvalue weighted by Crippen LogP contribution is -2.45. The van der Waals surface area contributed by atoms with Gasteiger partial charge in [0.2, 0.25) is 0 Å². The average Bonchev–Trinajstić information content (AvgIpc) is 2.86. The van der Waals surface area contributed by atoms with E-state index in [-0.39, 0.29) is 0 Å². The summed E-state index contributed by atoms with van der Waals surface area (Å²) >= 11 is 12.2. The van der Waals surface area contributed by atoms with E-state index in [1.54, 1.807) is 29.8 Å². The Balaban J connectivity index is 2.08. The summed E-state index contributed by atoms with van der Waals surface area (Å²) in [5, 5.41) is 7.76. The van der Waals surface area contributed by atoms with Gasteiger partial charge in [-0.1, -0.05) is 35.3 Å². The number of urea groups is 1. The monoisotopic (exact) mass is 381 g/mol. The summed E-state index contributed by atoms with van der Waals surface area (Å²) in [6.45, 7) is 2.28. The number of halogens is 2. The van der Waals surface area contributed by atoms with Crippen LogP contribution in [0.15, 0.2) is 30.3 Å². The normalized spacial score (nSPS) is 10.7. The molecule has 1 aromatic carbocycles. The molecule has 0 saturated carbocycles. The molecular formula is C16H17Cl2N5O2. The highest BCUT2D eigenvalue weighted by molar-refractivity contribution is 6.31. The summed E-state index contributed by atoms with van der Waals surface area (Å²) in [6.07, 6.45) is 2.81. The Kier molecular flexibility index (Phi) is 6.44. The van der Waals surface area contributed by atoms with Crippen LogP contribution in [0.5, 0.6) is 0 Å². The van der Waals surface area contributed by atoms with Crippen LogP contribution in [0.4, 0.5) is 4.79 Å². The number of carbonyl (C=O) groups excluding carboxylic acids is 2. The summed E-state index contributed by atoms with van der Waals surface area (Å²) in [7, 11) is 1.44. The molecule has 3 amide bonds. The van der Waals surface area contributed by atoms with Gasteiger partial charge in [-0.2, -0.15) is 5.10 Å². The molecule has 1 aromatic heterocycles. The van der Waals surface area contributed by atoms with E-state index in [4.69, 9.17) is 23.2 Å². The van der Waals surface area contributed by atoms with Crippen LogP contribution in [0, 0.1) is 6.92 Å². The van der Waals surface area contributed by atoms with E-state index in [1.807, 2.05) is 12.1 Å². The molecular weight excluding hydrogens is 365 g/mol. The molecule has 7 nitrogen and oxygen atoms in total. The van der Waals surface area contributed by atoms with E-state index < -0.39 is 11.9 Å². The van der Waals surface area contributed by atoms with Gasteiger partial charge in [-0.25, -0.2) is 14.9 Å². The molecule has 0 spiro atoms. The van der Waals surface area contributed by atoms with E-state index >= 15 is 0 Å². The van der Waals surface area contributed by atoms with Crippen molar-refractivity contribution in [3.63, 3.8) is 0 Å². The Morgan fingerprint density at radius 2 is 1.88 bits per heavy atom. The van der Waals surface area contributed by atoms with Gasteiger partial charge in [-0.15, -0.1) is 0 Å². The second-order valence-corrected chi connectivity index (χ2v) is 5.90. The third-order valence-electron chi connectivity index (χ3n) is 3.28. The topological polar surface area (TPSA) is 88.1 Å². The minimum Gasteiger partial charge on any atom is -0.340 e. The van der Waals surface area contributed by atoms with E-state index in [1.165, 1.54) is 13.1 Å². The van der Waals surface area contributed by atoms with Gasteiger partial charge in [0.1, 0.15) is 5.15 Å². The smallest absolute Gasteiger partial charge is 0.333 e. The standard InChI is InChI=1S/C16H17Cl2N5O2/c1-10-13(7-8-14(24)20-21-16(25)19-2)15(18)23(22-10)9-11-3-5-12(17)6-4-11/h3-8H,9H2,1-2H3,(H,20,24)(H2,19,21,25). The van der Waals surface area contributed by atoms with E-state index in [0.29, 0.717) is 28.0 Å². The number of rotatable bonds is 4. The number of aryl methyl sites for hydroxylation is 1. The third kappa shape index (κ3) is 5.23. The largest absolute Gasteiger partial charge is 0.340 e. The Hall–Kier alpha value is -2.51. The zero-order valence-corrected chi connectivity index (χ0v) is 15.1. The number of carbonyl (C=O) groups is 2. The summed E-state index contributed by atoms with van der Waals surface area (Å²) in [5.41, 5.74) is 6.71. The van der Waals surface area contributed by atoms with Crippen molar-refractivity contribution in [2.75, 3.05) is 7.05 Å². The van der Waals surface area contributed by atoms with Gasteiger partial charge >= 0.3 is 6.03 Å². The number of amides is 3. The Bertz CT molecular complexity index is 800. The van der Waals surface area contributed by atoms with Crippen molar-refractivity contribution in [3.8, 4) is 0 Å². The van der Waals surface area contributed by atoms with Crippen LogP contribution in [0.25, 0.3) is 6.08 Å². The first-order chi connectivity index (χ1) is 11.9. The average molecular weight is 382 g/mol. The van der Waals surface area contributed by atoms with E-state index in [0.717, 1.165) is 5.56 Å². The molecule has 2 rings (SSSR count). The van der Waals surface area contributed by atoms with Crippen LogP contribution < -0.4 is 16.2 Å².